The Hall–Kier alpha value is -1.43. The number of ether oxygens (including phenoxy) is 1. The quantitative estimate of drug-likeness (QED) is 0.818. The number of nitrogens with zero attached hydrogens (tertiary/aromatic N) is 2. The van der Waals surface area contributed by atoms with Crippen molar-refractivity contribution in [2.24, 2.45) is 0 Å². The number of aliphatic hydroxyl groups is 1. The van der Waals surface area contributed by atoms with Gasteiger partial charge in [0.15, 0.2) is 0 Å². The SMILES string of the molecule is CCN(C[C@@H](O)COC)[C@H]1CCN(c2ccccc2)C1=O. The number of amides is 1. The minimum atomic E-state index is -0.562. The van der Waals surface area contributed by atoms with Crippen molar-refractivity contribution in [3.63, 3.8) is 0 Å². The third-order valence-electron chi connectivity index (χ3n) is 3.90. The Morgan fingerprint density at radius 1 is 1.43 bits per heavy atom. The van der Waals surface area contributed by atoms with Gasteiger partial charge in [-0.1, -0.05) is 25.1 Å². The molecule has 116 valence electrons. The molecule has 1 N–H and O–H groups in total. The number of hydrogen-bond donors (Lipinski definition) is 1. The molecule has 1 aliphatic heterocycles. The summed E-state index contributed by atoms with van der Waals surface area (Å²) in [7, 11) is 1.57. The molecule has 1 aliphatic rings. The van der Waals surface area contributed by atoms with Crippen LogP contribution in [0.3, 0.4) is 0 Å². The topological polar surface area (TPSA) is 53.0 Å². The molecule has 0 aromatic heterocycles. The molecule has 1 heterocycles. The average molecular weight is 292 g/mol. The fraction of sp³-hybridized carbons (Fsp3) is 0.562. The van der Waals surface area contributed by atoms with E-state index in [1.54, 1.807) is 7.11 Å². The van der Waals surface area contributed by atoms with E-state index in [1.807, 2.05) is 47.1 Å². The van der Waals surface area contributed by atoms with Gasteiger partial charge in [0.05, 0.1) is 18.8 Å². The highest BCUT2D eigenvalue weighted by atomic mass is 16.5. The Kier molecular flexibility index (Phi) is 5.73. The van der Waals surface area contributed by atoms with Gasteiger partial charge in [-0.05, 0) is 25.1 Å². The number of carbonyl (C=O) groups is 1. The molecule has 0 spiro atoms. The molecule has 0 saturated carbocycles. The summed E-state index contributed by atoms with van der Waals surface area (Å²) in [5, 5.41) is 9.89. The summed E-state index contributed by atoms with van der Waals surface area (Å²) in [6.45, 7) is 4.23. The molecule has 5 heteroatoms. The van der Waals surface area contributed by atoms with Gasteiger partial charge in [0.2, 0.25) is 5.91 Å². The Balaban J connectivity index is 2.02. The van der Waals surface area contributed by atoms with Crippen LogP contribution in [0.4, 0.5) is 5.69 Å². The van der Waals surface area contributed by atoms with Crippen LogP contribution in [0.15, 0.2) is 30.3 Å². The summed E-state index contributed by atoms with van der Waals surface area (Å²) >= 11 is 0. The highest BCUT2D eigenvalue weighted by molar-refractivity contribution is 5.99. The van der Waals surface area contributed by atoms with Crippen molar-refractivity contribution < 1.29 is 14.6 Å². The highest BCUT2D eigenvalue weighted by Crippen LogP contribution is 2.24. The van der Waals surface area contributed by atoms with E-state index in [2.05, 4.69) is 0 Å². The number of benzene rings is 1. The second-order valence-corrected chi connectivity index (χ2v) is 5.33. The number of para-hydroxylation sites is 1. The summed E-state index contributed by atoms with van der Waals surface area (Å²) in [6.07, 6.45) is 0.231. The standard InChI is InChI=1S/C16H24N2O3/c1-3-17(11-14(19)12-21-2)15-9-10-18(16(15)20)13-7-5-4-6-8-13/h4-8,14-15,19H,3,9-12H2,1-2H3/t14-,15+/m1/s1. The second-order valence-electron chi connectivity index (χ2n) is 5.33. The maximum Gasteiger partial charge on any atom is 0.244 e. The van der Waals surface area contributed by atoms with Crippen molar-refractivity contribution >= 4 is 11.6 Å². The summed E-state index contributed by atoms with van der Waals surface area (Å²) < 4.78 is 4.96. The van der Waals surface area contributed by atoms with E-state index < -0.39 is 6.10 Å². The first-order valence-electron chi connectivity index (χ1n) is 7.44. The predicted octanol–water partition coefficient (Wildman–Crippen LogP) is 1.12. The van der Waals surface area contributed by atoms with Gasteiger partial charge in [-0.25, -0.2) is 0 Å². The zero-order valence-electron chi connectivity index (χ0n) is 12.7. The molecule has 0 radical (unpaired) electrons. The van der Waals surface area contributed by atoms with Crippen LogP contribution >= 0.6 is 0 Å². The van der Waals surface area contributed by atoms with Gasteiger partial charge >= 0.3 is 0 Å². The van der Waals surface area contributed by atoms with Crippen molar-refractivity contribution in [3.05, 3.63) is 30.3 Å². The van der Waals surface area contributed by atoms with Gasteiger partial charge < -0.3 is 14.7 Å². The summed E-state index contributed by atoms with van der Waals surface area (Å²) in [5.74, 6) is 0.118. The first-order valence-corrected chi connectivity index (χ1v) is 7.44. The lowest BCUT2D eigenvalue weighted by atomic mass is 10.2. The molecular weight excluding hydrogens is 268 g/mol. The third-order valence-corrected chi connectivity index (χ3v) is 3.90. The molecular formula is C16H24N2O3. The van der Waals surface area contributed by atoms with Gasteiger partial charge in [0.25, 0.3) is 0 Å². The Labute approximate surface area is 126 Å². The van der Waals surface area contributed by atoms with Crippen LogP contribution in [0.5, 0.6) is 0 Å². The van der Waals surface area contributed by atoms with E-state index in [4.69, 9.17) is 4.74 Å². The maximum absolute atomic E-state index is 12.6. The Bertz CT molecular complexity index is 452. The lowest BCUT2D eigenvalue weighted by molar-refractivity contribution is -0.122. The number of rotatable bonds is 7. The smallest absolute Gasteiger partial charge is 0.244 e. The fourth-order valence-electron chi connectivity index (χ4n) is 2.86. The van der Waals surface area contributed by atoms with Crippen LogP contribution in [0.25, 0.3) is 0 Å². The van der Waals surface area contributed by atoms with Crippen molar-refractivity contribution in [2.45, 2.75) is 25.5 Å². The van der Waals surface area contributed by atoms with E-state index in [1.165, 1.54) is 0 Å². The number of aliphatic hydroxyl groups excluding tert-OH is 1. The van der Waals surface area contributed by atoms with E-state index in [0.717, 1.165) is 25.2 Å². The molecule has 1 amide bonds. The van der Waals surface area contributed by atoms with Crippen LogP contribution in [0.1, 0.15) is 13.3 Å². The average Bonchev–Trinajstić information content (AvgIpc) is 2.88. The minimum absolute atomic E-state index is 0.118. The minimum Gasteiger partial charge on any atom is -0.389 e. The Morgan fingerprint density at radius 2 is 2.14 bits per heavy atom. The van der Waals surface area contributed by atoms with Crippen LogP contribution < -0.4 is 4.90 Å². The van der Waals surface area contributed by atoms with Crippen molar-refractivity contribution in [2.75, 3.05) is 38.3 Å². The number of methoxy groups -OCH3 is 1. The van der Waals surface area contributed by atoms with Gasteiger partial charge in [-0.2, -0.15) is 0 Å². The zero-order valence-corrected chi connectivity index (χ0v) is 12.7. The fourth-order valence-corrected chi connectivity index (χ4v) is 2.86. The van der Waals surface area contributed by atoms with Gasteiger partial charge in [-0.15, -0.1) is 0 Å². The van der Waals surface area contributed by atoms with Crippen LogP contribution in [0.2, 0.25) is 0 Å². The molecule has 2 rings (SSSR count). The monoisotopic (exact) mass is 292 g/mol. The maximum atomic E-state index is 12.6. The third kappa shape index (κ3) is 3.81. The number of carbonyl (C=O) groups excluding carboxylic acids is 1. The molecule has 1 aromatic rings. The second kappa shape index (κ2) is 7.54. The van der Waals surface area contributed by atoms with Crippen molar-refractivity contribution in [1.29, 1.82) is 0 Å². The van der Waals surface area contributed by atoms with Gasteiger partial charge in [0, 0.05) is 25.9 Å². The Morgan fingerprint density at radius 3 is 2.76 bits per heavy atom. The molecule has 1 fully saturated rings. The van der Waals surface area contributed by atoms with Crippen LogP contribution in [-0.4, -0.2) is 61.4 Å². The summed E-state index contributed by atoms with van der Waals surface area (Å²) in [6, 6.07) is 9.58. The first kappa shape index (κ1) is 15.9. The largest absolute Gasteiger partial charge is 0.389 e. The molecule has 5 nitrogen and oxygen atoms in total. The van der Waals surface area contributed by atoms with Gasteiger partial charge in [-0.3, -0.25) is 9.69 Å². The summed E-state index contributed by atoms with van der Waals surface area (Å²) in [4.78, 5) is 16.5. The molecule has 1 aromatic carbocycles. The zero-order chi connectivity index (χ0) is 15.2. The lowest BCUT2D eigenvalue weighted by Gasteiger charge is -2.28. The lowest BCUT2D eigenvalue weighted by Crippen LogP contribution is -2.46. The molecule has 0 unspecified atom stereocenters. The normalized spacial score (nSPS) is 20.3. The van der Waals surface area contributed by atoms with E-state index in [-0.39, 0.29) is 11.9 Å². The van der Waals surface area contributed by atoms with Crippen molar-refractivity contribution in [1.82, 2.24) is 4.90 Å². The molecule has 0 bridgehead atoms. The first-order chi connectivity index (χ1) is 10.2. The predicted molar refractivity (Wildman–Crippen MR) is 82.3 cm³/mol. The van der Waals surface area contributed by atoms with E-state index >= 15 is 0 Å². The van der Waals surface area contributed by atoms with Gasteiger partial charge in [0.1, 0.15) is 0 Å². The number of likely N-dealkylation sites (N-methyl/N-ethyl adjacent to an activating group) is 1. The molecule has 1 saturated heterocycles. The van der Waals surface area contributed by atoms with E-state index in [9.17, 15) is 9.90 Å². The number of hydrogen-bond acceptors (Lipinski definition) is 4. The van der Waals surface area contributed by atoms with Crippen LogP contribution in [-0.2, 0) is 9.53 Å². The highest BCUT2D eigenvalue weighted by Gasteiger charge is 2.36. The van der Waals surface area contributed by atoms with Crippen LogP contribution in [0, 0.1) is 0 Å². The number of anilines is 1. The molecule has 21 heavy (non-hydrogen) atoms. The summed E-state index contributed by atoms with van der Waals surface area (Å²) in [5.41, 5.74) is 0.943. The molecule has 0 aliphatic carbocycles. The molecule has 2 atom stereocenters. The van der Waals surface area contributed by atoms with Crippen molar-refractivity contribution in [3.8, 4) is 0 Å². The van der Waals surface area contributed by atoms with E-state index in [0.29, 0.717) is 13.2 Å².